The number of rotatable bonds is 7. The van der Waals surface area contributed by atoms with E-state index in [0.29, 0.717) is 12.5 Å². The van der Waals surface area contributed by atoms with Crippen molar-refractivity contribution in [1.29, 1.82) is 0 Å². The number of nitrogens with two attached hydrogens (primary N) is 1. The van der Waals surface area contributed by atoms with Gasteiger partial charge in [-0.3, -0.25) is 4.90 Å². The van der Waals surface area contributed by atoms with Crippen LogP contribution in [0.4, 0.5) is 0 Å². The van der Waals surface area contributed by atoms with Crippen LogP contribution in [0.3, 0.4) is 0 Å². The molecule has 1 aromatic carbocycles. The van der Waals surface area contributed by atoms with Gasteiger partial charge in [0, 0.05) is 24.7 Å². The van der Waals surface area contributed by atoms with Crippen LogP contribution in [0.1, 0.15) is 32.3 Å². The number of hydrogen-bond acceptors (Lipinski definition) is 3. The third kappa shape index (κ3) is 5.79. The van der Waals surface area contributed by atoms with Crippen molar-refractivity contribution in [3.63, 3.8) is 0 Å². The van der Waals surface area contributed by atoms with E-state index in [9.17, 15) is 0 Å². The van der Waals surface area contributed by atoms with E-state index in [1.165, 1.54) is 19.4 Å². The third-order valence-corrected chi connectivity index (χ3v) is 3.50. The van der Waals surface area contributed by atoms with Crippen molar-refractivity contribution in [3.05, 3.63) is 29.8 Å². The van der Waals surface area contributed by atoms with Crippen molar-refractivity contribution < 1.29 is 4.74 Å². The average molecular weight is 286 g/mol. The number of benzene rings is 1. The Labute approximate surface area is 128 Å². The van der Waals surface area contributed by atoms with Gasteiger partial charge in [0.1, 0.15) is 12.4 Å². The standard InChI is InChI=1S/C18H26N2O/c1-15(2)14-20(17-7-8-17)12-13-21-18-9-5-16(6-10-18)4-3-11-19/h5-6,9-10,15,17H,7-8,11-14,19H2,1-2H3. The van der Waals surface area contributed by atoms with E-state index in [-0.39, 0.29) is 0 Å². The molecule has 1 aromatic rings. The first-order valence-corrected chi connectivity index (χ1v) is 7.85. The number of hydrogen-bond donors (Lipinski definition) is 1. The average Bonchev–Trinajstić information content (AvgIpc) is 3.29. The van der Waals surface area contributed by atoms with Gasteiger partial charge in [-0.05, 0) is 43.0 Å². The highest BCUT2D eigenvalue weighted by Crippen LogP contribution is 2.27. The van der Waals surface area contributed by atoms with Gasteiger partial charge in [0.25, 0.3) is 0 Å². The molecule has 2 N–H and O–H groups in total. The lowest BCUT2D eigenvalue weighted by Crippen LogP contribution is -2.33. The largest absolute Gasteiger partial charge is 0.492 e. The maximum Gasteiger partial charge on any atom is 0.119 e. The monoisotopic (exact) mass is 286 g/mol. The fraction of sp³-hybridized carbons (Fsp3) is 0.556. The Kier molecular flexibility index (Phi) is 6.10. The van der Waals surface area contributed by atoms with Gasteiger partial charge in [-0.1, -0.05) is 25.7 Å². The summed E-state index contributed by atoms with van der Waals surface area (Å²) in [5.74, 6) is 7.49. The zero-order valence-corrected chi connectivity index (χ0v) is 13.1. The summed E-state index contributed by atoms with van der Waals surface area (Å²) in [6.07, 6.45) is 2.70. The molecule has 0 aliphatic heterocycles. The van der Waals surface area contributed by atoms with Crippen LogP contribution in [-0.4, -0.2) is 37.2 Å². The highest BCUT2D eigenvalue weighted by molar-refractivity contribution is 5.38. The van der Waals surface area contributed by atoms with E-state index in [2.05, 4.69) is 30.6 Å². The molecule has 21 heavy (non-hydrogen) atoms. The van der Waals surface area contributed by atoms with Gasteiger partial charge >= 0.3 is 0 Å². The van der Waals surface area contributed by atoms with E-state index in [1.54, 1.807) is 0 Å². The quantitative estimate of drug-likeness (QED) is 0.783. The van der Waals surface area contributed by atoms with Crippen LogP contribution in [-0.2, 0) is 0 Å². The summed E-state index contributed by atoms with van der Waals surface area (Å²) < 4.78 is 5.84. The van der Waals surface area contributed by atoms with Crippen molar-refractivity contribution in [2.75, 3.05) is 26.2 Å². The molecule has 1 aliphatic rings. The van der Waals surface area contributed by atoms with Crippen LogP contribution in [0, 0.1) is 17.8 Å². The van der Waals surface area contributed by atoms with Gasteiger partial charge in [0.05, 0.1) is 6.54 Å². The molecule has 1 saturated carbocycles. The molecule has 0 atom stereocenters. The van der Waals surface area contributed by atoms with E-state index in [1.807, 2.05) is 24.3 Å². The molecule has 0 radical (unpaired) electrons. The van der Waals surface area contributed by atoms with E-state index >= 15 is 0 Å². The molecule has 0 aromatic heterocycles. The van der Waals surface area contributed by atoms with Crippen LogP contribution in [0.2, 0.25) is 0 Å². The Balaban J connectivity index is 1.76. The summed E-state index contributed by atoms with van der Waals surface area (Å²) in [6.45, 7) is 7.87. The predicted molar refractivity (Wildman–Crippen MR) is 87.3 cm³/mol. The Morgan fingerprint density at radius 3 is 2.57 bits per heavy atom. The van der Waals surface area contributed by atoms with Crippen LogP contribution in [0.15, 0.2) is 24.3 Å². The molecule has 1 fully saturated rings. The molecular weight excluding hydrogens is 260 g/mol. The molecule has 2 rings (SSSR count). The second-order valence-corrected chi connectivity index (χ2v) is 6.00. The molecule has 0 amide bonds. The molecule has 0 spiro atoms. The van der Waals surface area contributed by atoms with Gasteiger partial charge < -0.3 is 10.5 Å². The smallest absolute Gasteiger partial charge is 0.119 e. The number of nitrogens with zero attached hydrogens (tertiary/aromatic N) is 1. The van der Waals surface area contributed by atoms with Gasteiger partial charge in [0.15, 0.2) is 0 Å². The Bertz CT molecular complexity index is 480. The zero-order valence-electron chi connectivity index (χ0n) is 13.1. The molecule has 0 unspecified atom stereocenters. The first-order valence-electron chi connectivity index (χ1n) is 7.85. The topological polar surface area (TPSA) is 38.5 Å². The summed E-state index contributed by atoms with van der Waals surface area (Å²) in [5.41, 5.74) is 6.34. The molecule has 3 nitrogen and oxygen atoms in total. The van der Waals surface area contributed by atoms with Gasteiger partial charge in [-0.15, -0.1) is 0 Å². The summed E-state index contributed by atoms with van der Waals surface area (Å²) in [5, 5.41) is 0. The van der Waals surface area contributed by atoms with Crippen molar-refractivity contribution in [1.82, 2.24) is 4.90 Å². The highest BCUT2D eigenvalue weighted by atomic mass is 16.5. The van der Waals surface area contributed by atoms with Gasteiger partial charge in [0.2, 0.25) is 0 Å². The first kappa shape index (κ1) is 15.9. The molecule has 1 aliphatic carbocycles. The normalized spacial score (nSPS) is 14.1. The molecular formula is C18H26N2O. The SMILES string of the molecule is CC(C)CN(CCOc1ccc(C#CCN)cc1)C1CC1. The highest BCUT2D eigenvalue weighted by Gasteiger charge is 2.28. The lowest BCUT2D eigenvalue weighted by Gasteiger charge is -2.23. The number of ether oxygens (including phenoxy) is 1. The lowest BCUT2D eigenvalue weighted by molar-refractivity contribution is 0.185. The van der Waals surface area contributed by atoms with Crippen molar-refractivity contribution in [3.8, 4) is 17.6 Å². The molecule has 0 saturated heterocycles. The second-order valence-electron chi connectivity index (χ2n) is 6.00. The maximum absolute atomic E-state index is 5.84. The lowest BCUT2D eigenvalue weighted by atomic mass is 10.2. The summed E-state index contributed by atoms with van der Waals surface area (Å²) in [7, 11) is 0. The first-order chi connectivity index (χ1) is 10.2. The van der Waals surface area contributed by atoms with E-state index in [4.69, 9.17) is 10.5 Å². The van der Waals surface area contributed by atoms with Crippen molar-refractivity contribution in [2.24, 2.45) is 11.7 Å². The Morgan fingerprint density at radius 2 is 2.00 bits per heavy atom. The zero-order chi connectivity index (χ0) is 15.1. The maximum atomic E-state index is 5.84. The molecule has 114 valence electrons. The van der Waals surface area contributed by atoms with E-state index < -0.39 is 0 Å². The molecule has 0 heterocycles. The van der Waals surface area contributed by atoms with Gasteiger partial charge in [-0.25, -0.2) is 0 Å². The van der Waals surface area contributed by atoms with Crippen LogP contribution in [0.25, 0.3) is 0 Å². The fourth-order valence-corrected chi connectivity index (χ4v) is 2.40. The summed E-state index contributed by atoms with van der Waals surface area (Å²) in [4.78, 5) is 2.56. The predicted octanol–water partition coefficient (Wildman–Crippen LogP) is 2.50. The minimum atomic E-state index is 0.394. The minimum Gasteiger partial charge on any atom is -0.492 e. The Hall–Kier alpha value is -1.50. The molecule has 3 heteroatoms. The van der Waals surface area contributed by atoms with Crippen LogP contribution in [0.5, 0.6) is 5.75 Å². The minimum absolute atomic E-state index is 0.394. The fourth-order valence-electron chi connectivity index (χ4n) is 2.40. The van der Waals surface area contributed by atoms with Gasteiger partial charge in [-0.2, -0.15) is 0 Å². The van der Waals surface area contributed by atoms with Crippen molar-refractivity contribution in [2.45, 2.75) is 32.7 Å². The summed E-state index contributed by atoms with van der Waals surface area (Å²) >= 11 is 0. The molecule has 0 bridgehead atoms. The van der Waals surface area contributed by atoms with E-state index in [0.717, 1.165) is 30.5 Å². The second kappa shape index (κ2) is 8.07. The van der Waals surface area contributed by atoms with Crippen LogP contribution >= 0.6 is 0 Å². The Morgan fingerprint density at radius 1 is 1.29 bits per heavy atom. The van der Waals surface area contributed by atoms with Crippen molar-refractivity contribution >= 4 is 0 Å². The van der Waals surface area contributed by atoms with Crippen LogP contribution < -0.4 is 10.5 Å². The third-order valence-electron chi connectivity index (χ3n) is 3.50. The summed E-state index contributed by atoms with van der Waals surface area (Å²) in [6, 6.07) is 8.70.